The van der Waals surface area contributed by atoms with Crippen molar-refractivity contribution in [2.24, 2.45) is 5.92 Å². The van der Waals surface area contributed by atoms with E-state index in [0.29, 0.717) is 17.7 Å². The predicted octanol–water partition coefficient (Wildman–Crippen LogP) is 2.03. The van der Waals surface area contributed by atoms with Gasteiger partial charge in [0.2, 0.25) is 5.91 Å². The molecule has 0 spiro atoms. The number of carbonyl (C=O) groups is 1. The van der Waals surface area contributed by atoms with Crippen LogP contribution in [0.3, 0.4) is 0 Å². The molecule has 2 heterocycles. The fourth-order valence-electron chi connectivity index (χ4n) is 2.52. The van der Waals surface area contributed by atoms with Gasteiger partial charge in [0, 0.05) is 18.8 Å². The van der Waals surface area contributed by atoms with E-state index in [-0.39, 0.29) is 0 Å². The van der Waals surface area contributed by atoms with Crippen molar-refractivity contribution in [1.82, 2.24) is 14.7 Å². The SMILES string of the molecule is Cc1cc(C)n(C2CN(C(=O)CSCC3CC3)C2)n1. The van der Waals surface area contributed by atoms with Crippen molar-refractivity contribution in [1.29, 1.82) is 0 Å². The summed E-state index contributed by atoms with van der Waals surface area (Å²) in [5, 5.41) is 4.49. The van der Waals surface area contributed by atoms with Crippen LogP contribution in [-0.2, 0) is 4.79 Å². The Morgan fingerprint density at radius 2 is 2.16 bits per heavy atom. The second-order valence-electron chi connectivity index (χ2n) is 5.78. The quantitative estimate of drug-likeness (QED) is 0.827. The summed E-state index contributed by atoms with van der Waals surface area (Å²) in [6.45, 7) is 5.74. The molecule has 0 radical (unpaired) electrons. The number of hydrogen-bond donors (Lipinski definition) is 0. The van der Waals surface area contributed by atoms with Gasteiger partial charge in [-0.15, -0.1) is 0 Å². The van der Waals surface area contributed by atoms with Gasteiger partial charge in [-0.1, -0.05) is 0 Å². The van der Waals surface area contributed by atoms with Crippen LogP contribution in [0.2, 0.25) is 0 Å². The number of aromatic nitrogens is 2. The molecule has 2 fully saturated rings. The summed E-state index contributed by atoms with van der Waals surface area (Å²) in [7, 11) is 0. The van der Waals surface area contributed by atoms with Crippen molar-refractivity contribution < 1.29 is 4.79 Å². The van der Waals surface area contributed by atoms with Gasteiger partial charge in [0.15, 0.2) is 0 Å². The maximum Gasteiger partial charge on any atom is 0.232 e. The highest BCUT2D eigenvalue weighted by atomic mass is 32.2. The molecule has 2 aliphatic rings. The van der Waals surface area contributed by atoms with E-state index in [2.05, 4.69) is 22.8 Å². The third kappa shape index (κ3) is 2.96. The molecule has 0 unspecified atom stereocenters. The van der Waals surface area contributed by atoms with Gasteiger partial charge in [-0.2, -0.15) is 16.9 Å². The Morgan fingerprint density at radius 1 is 1.42 bits per heavy atom. The molecule has 1 aliphatic heterocycles. The Hall–Kier alpha value is -0.970. The first kappa shape index (κ1) is 13.0. The van der Waals surface area contributed by atoms with Crippen molar-refractivity contribution in [2.45, 2.75) is 32.7 Å². The van der Waals surface area contributed by atoms with Crippen LogP contribution < -0.4 is 0 Å². The van der Waals surface area contributed by atoms with Crippen LogP contribution in [0.1, 0.15) is 30.3 Å². The van der Waals surface area contributed by atoms with E-state index in [1.807, 2.05) is 11.8 Å². The molecule has 1 saturated heterocycles. The van der Waals surface area contributed by atoms with Crippen LogP contribution in [-0.4, -0.2) is 45.2 Å². The van der Waals surface area contributed by atoms with Gasteiger partial charge in [0.05, 0.1) is 17.5 Å². The second kappa shape index (κ2) is 5.19. The standard InChI is InChI=1S/C14H21N3OS/c1-10-5-11(2)17(15-10)13-6-16(7-13)14(18)9-19-8-12-3-4-12/h5,12-13H,3-4,6-9H2,1-2H3. The predicted molar refractivity (Wildman–Crippen MR) is 77.4 cm³/mol. The number of amides is 1. The van der Waals surface area contributed by atoms with E-state index in [0.717, 1.165) is 24.7 Å². The van der Waals surface area contributed by atoms with Crippen LogP contribution in [0.4, 0.5) is 0 Å². The van der Waals surface area contributed by atoms with E-state index in [1.165, 1.54) is 24.3 Å². The first-order valence-electron chi connectivity index (χ1n) is 7.02. The Kier molecular flexibility index (Phi) is 3.56. The van der Waals surface area contributed by atoms with E-state index in [4.69, 9.17) is 0 Å². The zero-order valence-corrected chi connectivity index (χ0v) is 12.4. The maximum atomic E-state index is 12.0. The number of thioether (sulfide) groups is 1. The van der Waals surface area contributed by atoms with Gasteiger partial charge in [-0.3, -0.25) is 9.48 Å². The molecule has 0 atom stereocenters. The van der Waals surface area contributed by atoms with Gasteiger partial charge in [0.25, 0.3) is 0 Å². The molecule has 104 valence electrons. The zero-order valence-electron chi connectivity index (χ0n) is 11.6. The molecule has 1 aromatic heterocycles. The lowest BCUT2D eigenvalue weighted by Gasteiger charge is -2.39. The first-order chi connectivity index (χ1) is 9.13. The highest BCUT2D eigenvalue weighted by Crippen LogP contribution is 2.32. The Labute approximate surface area is 118 Å². The van der Waals surface area contributed by atoms with Crippen molar-refractivity contribution in [2.75, 3.05) is 24.6 Å². The fraction of sp³-hybridized carbons (Fsp3) is 0.714. The zero-order chi connectivity index (χ0) is 13.4. The van der Waals surface area contributed by atoms with Crippen LogP contribution in [0.25, 0.3) is 0 Å². The normalized spacial score (nSPS) is 19.6. The molecule has 0 bridgehead atoms. The van der Waals surface area contributed by atoms with Crippen molar-refractivity contribution in [3.8, 4) is 0 Å². The van der Waals surface area contributed by atoms with Crippen molar-refractivity contribution >= 4 is 17.7 Å². The monoisotopic (exact) mass is 279 g/mol. The molecular formula is C14H21N3OS. The summed E-state index contributed by atoms with van der Waals surface area (Å²) in [6.07, 6.45) is 2.73. The maximum absolute atomic E-state index is 12.0. The molecule has 0 N–H and O–H groups in total. The van der Waals surface area contributed by atoms with Crippen LogP contribution in [0.5, 0.6) is 0 Å². The lowest BCUT2D eigenvalue weighted by atomic mass is 10.1. The van der Waals surface area contributed by atoms with Crippen molar-refractivity contribution in [3.63, 3.8) is 0 Å². The minimum atomic E-state index is 0.295. The largest absolute Gasteiger partial charge is 0.338 e. The smallest absolute Gasteiger partial charge is 0.232 e. The summed E-state index contributed by atoms with van der Waals surface area (Å²) in [5.74, 6) is 3.01. The van der Waals surface area contributed by atoms with Gasteiger partial charge < -0.3 is 4.90 Å². The van der Waals surface area contributed by atoms with E-state index in [1.54, 1.807) is 11.8 Å². The van der Waals surface area contributed by atoms with Crippen LogP contribution in [0.15, 0.2) is 6.07 Å². The lowest BCUT2D eigenvalue weighted by Crippen LogP contribution is -2.51. The highest BCUT2D eigenvalue weighted by Gasteiger charge is 2.33. The topological polar surface area (TPSA) is 38.1 Å². The minimum absolute atomic E-state index is 0.295. The fourth-order valence-corrected chi connectivity index (χ4v) is 3.66. The summed E-state index contributed by atoms with van der Waals surface area (Å²) in [4.78, 5) is 13.9. The Balaban J connectivity index is 1.43. The third-order valence-corrected chi connectivity index (χ3v) is 5.04. The molecule has 1 aromatic rings. The third-order valence-electron chi connectivity index (χ3n) is 3.88. The summed E-state index contributed by atoms with van der Waals surface area (Å²) in [6, 6.07) is 2.47. The van der Waals surface area contributed by atoms with Gasteiger partial charge in [0.1, 0.15) is 0 Å². The molecule has 4 nitrogen and oxygen atoms in total. The molecule has 3 rings (SSSR count). The van der Waals surface area contributed by atoms with Gasteiger partial charge in [-0.05, 0) is 44.4 Å². The minimum Gasteiger partial charge on any atom is -0.338 e. The Bertz CT molecular complexity index is 475. The average molecular weight is 279 g/mol. The first-order valence-corrected chi connectivity index (χ1v) is 8.17. The number of aryl methyl sites for hydroxylation is 2. The molecule has 0 aromatic carbocycles. The Morgan fingerprint density at radius 3 is 2.74 bits per heavy atom. The summed E-state index contributed by atoms with van der Waals surface area (Å²) in [5.41, 5.74) is 2.25. The number of carbonyl (C=O) groups excluding carboxylic acids is 1. The van der Waals surface area contributed by atoms with Crippen LogP contribution >= 0.6 is 11.8 Å². The molecule has 19 heavy (non-hydrogen) atoms. The summed E-state index contributed by atoms with van der Waals surface area (Å²) >= 11 is 1.80. The van der Waals surface area contributed by atoms with Gasteiger partial charge >= 0.3 is 0 Å². The molecule has 1 aliphatic carbocycles. The molecular weight excluding hydrogens is 258 g/mol. The van der Waals surface area contributed by atoms with E-state index < -0.39 is 0 Å². The number of likely N-dealkylation sites (tertiary alicyclic amines) is 1. The second-order valence-corrected chi connectivity index (χ2v) is 6.81. The molecule has 1 saturated carbocycles. The van der Waals surface area contributed by atoms with Crippen LogP contribution in [0, 0.1) is 19.8 Å². The van der Waals surface area contributed by atoms with Crippen molar-refractivity contribution in [3.05, 3.63) is 17.5 Å². The number of nitrogens with zero attached hydrogens (tertiary/aromatic N) is 3. The average Bonchev–Trinajstić information content (AvgIpc) is 3.04. The molecule has 1 amide bonds. The molecule has 5 heteroatoms. The lowest BCUT2D eigenvalue weighted by molar-refractivity contribution is -0.134. The number of rotatable bonds is 5. The number of hydrogen-bond acceptors (Lipinski definition) is 3. The van der Waals surface area contributed by atoms with E-state index >= 15 is 0 Å². The highest BCUT2D eigenvalue weighted by molar-refractivity contribution is 7.99. The summed E-state index contributed by atoms with van der Waals surface area (Å²) < 4.78 is 2.07. The van der Waals surface area contributed by atoms with Gasteiger partial charge in [-0.25, -0.2) is 0 Å². The van der Waals surface area contributed by atoms with E-state index in [9.17, 15) is 4.79 Å².